The number of nitrogens with zero attached hydrogens (tertiary/aromatic N) is 2. The van der Waals surface area contributed by atoms with Gasteiger partial charge in [-0.25, -0.2) is 9.37 Å². The van der Waals surface area contributed by atoms with Gasteiger partial charge in [-0.3, -0.25) is 9.78 Å². The first kappa shape index (κ1) is 10.3. The number of oxazole rings is 1. The number of primary amides is 1. The van der Waals surface area contributed by atoms with Gasteiger partial charge in [0.05, 0.1) is 12.1 Å². The zero-order chi connectivity index (χ0) is 11.5. The Morgan fingerprint density at radius 2 is 2.38 bits per heavy atom. The minimum Gasteiger partial charge on any atom is -0.448 e. The van der Waals surface area contributed by atoms with Gasteiger partial charge in [-0.05, 0) is 12.1 Å². The van der Waals surface area contributed by atoms with Gasteiger partial charge in [0.25, 0.3) is 5.91 Å². The molecule has 0 fully saturated rings. The van der Waals surface area contributed by atoms with Gasteiger partial charge in [0.2, 0.25) is 5.89 Å². The number of rotatable bonds is 3. The smallest absolute Gasteiger partial charge is 0.270 e. The summed E-state index contributed by atoms with van der Waals surface area (Å²) in [6.07, 6.45) is 2.69. The number of aromatic nitrogens is 2. The first-order chi connectivity index (χ1) is 7.66. The highest BCUT2D eigenvalue weighted by atomic mass is 19.1. The number of carbonyl (C=O) groups is 1. The zero-order valence-corrected chi connectivity index (χ0v) is 8.18. The van der Waals surface area contributed by atoms with Crippen molar-refractivity contribution in [2.24, 2.45) is 5.73 Å². The fraction of sp³-hybridized carbons (Fsp3) is 0.100. The lowest BCUT2D eigenvalue weighted by Gasteiger charge is -1.97. The van der Waals surface area contributed by atoms with Crippen LogP contribution in [0, 0.1) is 5.82 Å². The molecule has 2 aromatic heterocycles. The first-order valence-corrected chi connectivity index (χ1v) is 4.50. The lowest BCUT2D eigenvalue weighted by atomic mass is 10.2. The summed E-state index contributed by atoms with van der Waals surface area (Å²) in [5, 5.41) is 0. The van der Waals surface area contributed by atoms with E-state index in [1.165, 1.54) is 18.3 Å². The summed E-state index contributed by atoms with van der Waals surface area (Å²) < 4.78 is 18.2. The fourth-order valence-electron chi connectivity index (χ4n) is 1.20. The average Bonchev–Trinajstić information content (AvgIpc) is 2.70. The predicted octanol–water partition coefficient (Wildman–Crippen LogP) is 0.898. The summed E-state index contributed by atoms with van der Waals surface area (Å²) in [6.45, 7) is 0. The molecule has 0 aliphatic carbocycles. The highest BCUT2D eigenvalue weighted by Crippen LogP contribution is 2.10. The van der Waals surface area contributed by atoms with Crippen LogP contribution >= 0.6 is 0 Å². The largest absolute Gasteiger partial charge is 0.448 e. The van der Waals surface area contributed by atoms with Crippen LogP contribution in [0.2, 0.25) is 0 Å². The van der Waals surface area contributed by atoms with Crippen molar-refractivity contribution in [3.8, 4) is 0 Å². The summed E-state index contributed by atoms with van der Waals surface area (Å²) >= 11 is 0. The van der Waals surface area contributed by atoms with Gasteiger partial charge in [0.1, 0.15) is 12.1 Å². The second-order valence-corrected chi connectivity index (χ2v) is 3.10. The van der Waals surface area contributed by atoms with Crippen molar-refractivity contribution < 1.29 is 13.6 Å². The van der Waals surface area contributed by atoms with Crippen molar-refractivity contribution in [2.45, 2.75) is 6.42 Å². The number of halogens is 1. The summed E-state index contributed by atoms with van der Waals surface area (Å²) in [5.74, 6) is -0.927. The van der Waals surface area contributed by atoms with Crippen LogP contribution in [0.3, 0.4) is 0 Å². The summed E-state index contributed by atoms with van der Waals surface area (Å²) in [5.41, 5.74) is 5.23. The Kier molecular flexibility index (Phi) is 2.63. The molecule has 82 valence electrons. The number of pyridine rings is 1. The second-order valence-electron chi connectivity index (χ2n) is 3.10. The molecule has 0 saturated carbocycles. The average molecular weight is 221 g/mol. The standard InChI is InChI=1S/C10H8FN3O2/c11-6-2-1-3-13-7(6)4-9-14-8(5-16-9)10(12)15/h1-3,5H,4H2,(H2,12,15). The van der Waals surface area contributed by atoms with E-state index < -0.39 is 11.7 Å². The fourth-order valence-corrected chi connectivity index (χ4v) is 1.20. The third-order valence-corrected chi connectivity index (χ3v) is 1.96. The van der Waals surface area contributed by atoms with Crippen LogP contribution in [0.1, 0.15) is 22.1 Å². The molecule has 0 aliphatic rings. The van der Waals surface area contributed by atoms with Crippen molar-refractivity contribution in [3.63, 3.8) is 0 Å². The molecule has 2 N–H and O–H groups in total. The molecule has 1 amide bonds. The predicted molar refractivity (Wildman–Crippen MR) is 52.0 cm³/mol. The van der Waals surface area contributed by atoms with Crippen molar-refractivity contribution in [3.05, 3.63) is 47.7 Å². The lowest BCUT2D eigenvalue weighted by Crippen LogP contribution is -2.11. The molecule has 0 atom stereocenters. The monoisotopic (exact) mass is 221 g/mol. The molecule has 2 rings (SSSR count). The van der Waals surface area contributed by atoms with E-state index in [2.05, 4.69) is 9.97 Å². The number of hydrogen-bond donors (Lipinski definition) is 1. The third-order valence-electron chi connectivity index (χ3n) is 1.96. The van der Waals surface area contributed by atoms with Crippen molar-refractivity contribution >= 4 is 5.91 Å². The van der Waals surface area contributed by atoms with E-state index >= 15 is 0 Å². The molecule has 0 radical (unpaired) electrons. The third kappa shape index (κ3) is 2.05. The molecule has 0 saturated heterocycles. The van der Waals surface area contributed by atoms with Gasteiger partial charge in [-0.1, -0.05) is 0 Å². The normalized spacial score (nSPS) is 10.3. The maximum absolute atomic E-state index is 13.2. The molecule has 0 bridgehead atoms. The van der Waals surface area contributed by atoms with Gasteiger partial charge in [0, 0.05) is 6.20 Å². The molecule has 0 aliphatic heterocycles. The highest BCUT2D eigenvalue weighted by Gasteiger charge is 2.11. The number of carbonyl (C=O) groups excluding carboxylic acids is 1. The van der Waals surface area contributed by atoms with Crippen LogP contribution in [0.5, 0.6) is 0 Å². The van der Waals surface area contributed by atoms with E-state index in [-0.39, 0.29) is 23.7 Å². The SMILES string of the molecule is NC(=O)c1coc(Cc2ncccc2F)n1. The summed E-state index contributed by atoms with van der Waals surface area (Å²) in [6, 6.07) is 2.78. The van der Waals surface area contributed by atoms with Gasteiger partial charge < -0.3 is 10.2 Å². The minimum atomic E-state index is -0.684. The Morgan fingerprint density at radius 3 is 3.00 bits per heavy atom. The quantitative estimate of drug-likeness (QED) is 0.834. The van der Waals surface area contributed by atoms with Crippen LogP contribution in [-0.4, -0.2) is 15.9 Å². The Bertz CT molecular complexity index is 524. The Balaban J connectivity index is 2.21. The topological polar surface area (TPSA) is 82.0 Å². The molecule has 0 spiro atoms. The minimum absolute atomic E-state index is 0.0198. The molecular weight excluding hydrogens is 213 g/mol. The van der Waals surface area contributed by atoms with Crippen LogP contribution in [0.25, 0.3) is 0 Å². The molecule has 16 heavy (non-hydrogen) atoms. The van der Waals surface area contributed by atoms with Crippen LogP contribution in [0.4, 0.5) is 4.39 Å². The van der Waals surface area contributed by atoms with E-state index in [4.69, 9.17) is 10.2 Å². The molecule has 0 unspecified atom stereocenters. The molecule has 0 aromatic carbocycles. The van der Waals surface area contributed by atoms with Gasteiger partial charge in [-0.15, -0.1) is 0 Å². The number of nitrogens with two attached hydrogens (primary N) is 1. The van der Waals surface area contributed by atoms with Crippen molar-refractivity contribution in [1.82, 2.24) is 9.97 Å². The van der Waals surface area contributed by atoms with Crippen LogP contribution in [0.15, 0.2) is 29.0 Å². The summed E-state index contributed by atoms with van der Waals surface area (Å²) in [4.78, 5) is 18.4. The maximum atomic E-state index is 13.2. The zero-order valence-electron chi connectivity index (χ0n) is 8.18. The van der Waals surface area contributed by atoms with E-state index in [1.807, 2.05) is 0 Å². The maximum Gasteiger partial charge on any atom is 0.270 e. The first-order valence-electron chi connectivity index (χ1n) is 4.50. The molecule has 5 nitrogen and oxygen atoms in total. The Hall–Kier alpha value is -2.24. The lowest BCUT2D eigenvalue weighted by molar-refractivity contribution is 0.0995. The van der Waals surface area contributed by atoms with Crippen LogP contribution < -0.4 is 5.73 Å². The van der Waals surface area contributed by atoms with E-state index in [9.17, 15) is 9.18 Å². The number of amides is 1. The molecule has 2 heterocycles. The Morgan fingerprint density at radius 1 is 1.56 bits per heavy atom. The van der Waals surface area contributed by atoms with Gasteiger partial charge in [-0.2, -0.15) is 0 Å². The van der Waals surface area contributed by atoms with Gasteiger partial charge in [0.15, 0.2) is 5.69 Å². The summed E-state index contributed by atoms with van der Waals surface area (Å²) in [7, 11) is 0. The molecule has 2 aromatic rings. The molecular formula is C10H8FN3O2. The van der Waals surface area contributed by atoms with E-state index in [0.29, 0.717) is 0 Å². The Labute approximate surface area is 90.1 Å². The van der Waals surface area contributed by atoms with E-state index in [0.717, 1.165) is 6.26 Å². The van der Waals surface area contributed by atoms with Crippen LogP contribution in [-0.2, 0) is 6.42 Å². The van der Waals surface area contributed by atoms with Gasteiger partial charge >= 0.3 is 0 Å². The van der Waals surface area contributed by atoms with Crippen molar-refractivity contribution in [1.29, 1.82) is 0 Å². The van der Waals surface area contributed by atoms with E-state index in [1.54, 1.807) is 0 Å². The van der Waals surface area contributed by atoms with Crippen molar-refractivity contribution in [2.75, 3.05) is 0 Å². The second kappa shape index (κ2) is 4.09. The number of hydrogen-bond acceptors (Lipinski definition) is 4. The highest BCUT2D eigenvalue weighted by molar-refractivity contribution is 5.90. The molecule has 6 heteroatoms.